The fourth-order valence-electron chi connectivity index (χ4n) is 2.53. The van der Waals surface area contributed by atoms with Crippen molar-refractivity contribution in [2.24, 2.45) is 11.5 Å². The van der Waals surface area contributed by atoms with Crippen LogP contribution in [0, 0.1) is 0 Å². The van der Waals surface area contributed by atoms with E-state index in [1.807, 2.05) is 10.6 Å². The summed E-state index contributed by atoms with van der Waals surface area (Å²) in [6, 6.07) is 0. The summed E-state index contributed by atoms with van der Waals surface area (Å²) in [5, 5.41) is 84.7. The Morgan fingerprint density at radius 2 is 0.737 bits per heavy atom. The molecule has 18 nitrogen and oxygen atoms in total. The fraction of sp³-hybridized carbons (Fsp3) is 0.625. The van der Waals surface area contributed by atoms with E-state index >= 15 is 0 Å². The Bertz CT molecular complexity index is 682. The van der Waals surface area contributed by atoms with Crippen LogP contribution in [0.4, 0.5) is 0 Å². The van der Waals surface area contributed by atoms with Crippen LogP contribution in [0.2, 0.25) is 0 Å². The molecular formula is C16H22FeN4Na3O14. The van der Waals surface area contributed by atoms with Crippen LogP contribution in [0.1, 0.15) is 25.7 Å². The van der Waals surface area contributed by atoms with Gasteiger partial charge in [-0.25, -0.2) is 0 Å². The average Bonchev–Trinajstić information content (AvgIpc) is 2.62. The molecule has 22 heteroatoms. The van der Waals surface area contributed by atoms with E-state index in [2.05, 4.69) is 0 Å². The quantitative estimate of drug-likeness (QED) is 0.0689. The first-order valence-electron chi connectivity index (χ1n) is 8.95. The summed E-state index contributed by atoms with van der Waals surface area (Å²) in [6.07, 6.45) is -7.84. The van der Waals surface area contributed by atoms with Gasteiger partial charge >= 0.3 is 106 Å². The van der Waals surface area contributed by atoms with E-state index in [1.165, 1.54) is 0 Å². The monoisotopic (exact) mass is 619 g/mol. The number of carbonyl (C=O) groups excluding carboxylic acids is 6. The van der Waals surface area contributed by atoms with Crippen molar-refractivity contribution in [3.63, 3.8) is 0 Å². The Hall–Kier alpha value is 0.0995. The van der Waals surface area contributed by atoms with Crippen molar-refractivity contribution >= 4 is 35.8 Å². The van der Waals surface area contributed by atoms with Crippen LogP contribution in [0.3, 0.4) is 0 Å². The Morgan fingerprint density at radius 3 is 0.842 bits per heavy atom. The third-order valence-electron chi connectivity index (χ3n) is 4.14. The number of aliphatic carboxylic acids is 6. The number of hydrogen-bond donors (Lipinski definition) is 6. The van der Waals surface area contributed by atoms with E-state index in [-0.39, 0.29) is 106 Å². The maximum atomic E-state index is 10.5. The van der Waals surface area contributed by atoms with Crippen molar-refractivity contribution in [1.29, 1.82) is 0 Å². The molecule has 0 rings (SSSR count). The summed E-state index contributed by atoms with van der Waals surface area (Å²) in [7, 11) is 0. The maximum absolute atomic E-state index is 10.5. The van der Waals surface area contributed by atoms with E-state index in [9.17, 15) is 69.6 Å². The van der Waals surface area contributed by atoms with Crippen LogP contribution >= 0.6 is 0 Å². The van der Waals surface area contributed by atoms with E-state index in [4.69, 9.17) is 11.5 Å². The van der Waals surface area contributed by atoms with Crippen molar-refractivity contribution in [2.75, 3.05) is 13.1 Å². The summed E-state index contributed by atoms with van der Waals surface area (Å²) < 4.78 is 0. The molecule has 0 spiro atoms. The zero-order valence-corrected chi connectivity index (χ0v) is 27.8. The molecule has 0 amide bonds. The van der Waals surface area contributed by atoms with Gasteiger partial charge in [-0.3, -0.25) is 0 Å². The molecule has 0 bridgehead atoms. The maximum Gasteiger partial charge on any atom is 3.00 e. The minimum Gasteiger partial charge on any atom is -0.550 e. The third kappa shape index (κ3) is 22.9. The third-order valence-corrected chi connectivity index (χ3v) is 4.14. The van der Waals surface area contributed by atoms with E-state index < -0.39 is 98.1 Å². The van der Waals surface area contributed by atoms with Gasteiger partial charge in [0.2, 0.25) is 0 Å². The number of nitrogens with two attached hydrogens (primary N) is 2. The second-order valence-corrected chi connectivity index (χ2v) is 6.85. The second kappa shape index (κ2) is 24.9. The Kier molecular flexibility index (Phi) is 33.3. The predicted molar refractivity (Wildman–Crippen MR) is 90.4 cm³/mol. The minimum atomic E-state index is -2.09. The van der Waals surface area contributed by atoms with Crippen LogP contribution in [0.15, 0.2) is 0 Å². The summed E-state index contributed by atoms with van der Waals surface area (Å²) in [5.41, 5.74) is 5.93. The molecule has 0 heterocycles. The number of carboxylic acids is 6. The van der Waals surface area contributed by atoms with Crippen LogP contribution < -0.4 is 141 Å². The number of carboxylic acid groups (broad SMARTS) is 6. The second-order valence-electron chi connectivity index (χ2n) is 6.85. The summed E-state index contributed by atoms with van der Waals surface area (Å²) in [4.78, 5) is 62.2. The smallest absolute Gasteiger partial charge is 0.550 e. The van der Waals surface area contributed by atoms with Crippen molar-refractivity contribution in [1.82, 2.24) is 10.6 Å². The molecule has 0 aromatic carbocycles. The van der Waals surface area contributed by atoms with Gasteiger partial charge in [-0.2, -0.15) is 0 Å². The molecule has 0 aliphatic carbocycles. The van der Waals surface area contributed by atoms with Gasteiger partial charge in [0.1, 0.15) is 12.5 Å². The molecule has 0 aliphatic rings. The molecule has 8 N–H and O–H groups in total. The minimum absolute atomic E-state index is 0. The molecule has 0 aromatic rings. The standard InChI is InChI=1S/2C8H14N2O7.Fe.3Na/c2*9-7(17)8(1-4(11)12,2-5(13)14)10-3-6(15)16;;;;/h2*7,10,17H,1-3,9H2,(H,11,12)(H,13,14)(H,15,16);;;;/q;;+3;3*+1/p-6. The zero-order valence-electron chi connectivity index (χ0n) is 20.7. The Balaban J connectivity index is -0.000000122. The van der Waals surface area contributed by atoms with Gasteiger partial charge in [-0.15, -0.1) is 0 Å². The number of nitrogens with one attached hydrogen (secondary N) is 2. The predicted octanol–water partition coefficient (Wildman–Crippen LogP) is -21.7. The van der Waals surface area contributed by atoms with Crippen molar-refractivity contribution in [3.8, 4) is 0 Å². The largest absolute Gasteiger partial charge is 3.00 e. The van der Waals surface area contributed by atoms with E-state index in [0.717, 1.165) is 0 Å². The van der Waals surface area contributed by atoms with Gasteiger partial charge in [0.05, 0.1) is 23.0 Å². The topological polar surface area (TPSA) is 357 Å². The molecule has 201 valence electrons. The van der Waals surface area contributed by atoms with Gasteiger partial charge in [0.25, 0.3) is 0 Å². The van der Waals surface area contributed by atoms with Crippen molar-refractivity contribution in [2.45, 2.75) is 49.2 Å². The van der Waals surface area contributed by atoms with Crippen LogP contribution in [-0.4, -0.2) is 82.7 Å². The molecule has 0 aliphatic heterocycles. The molecule has 0 fully saturated rings. The van der Waals surface area contributed by atoms with Crippen molar-refractivity contribution < 1.29 is 175 Å². The van der Waals surface area contributed by atoms with Gasteiger partial charge in [0.15, 0.2) is 0 Å². The number of hydrogen-bond acceptors (Lipinski definition) is 18. The zero-order chi connectivity index (χ0) is 27.3. The fourth-order valence-corrected chi connectivity index (χ4v) is 2.53. The first-order chi connectivity index (χ1) is 15.4. The summed E-state index contributed by atoms with van der Waals surface area (Å²) >= 11 is 0. The molecule has 0 saturated heterocycles. The van der Waals surface area contributed by atoms with Crippen LogP contribution in [0.25, 0.3) is 0 Å². The number of aliphatic hydroxyl groups excluding tert-OH is 2. The summed E-state index contributed by atoms with van der Waals surface area (Å²) in [6.45, 7) is -1.76. The first kappa shape index (κ1) is 50.9. The van der Waals surface area contributed by atoms with Crippen molar-refractivity contribution in [3.05, 3.63) is 0 Å². The van der Waals surface area contributed by atoms with Crippen LogP contribution in [0.5, 0.6) is 0 Å². The average molecular weight is 619 g/mol. The Labute approximate surface area is 292 Å². The molecule has 0 saturated carbocycles. The molecule has 0 aromatic heterocycles. The number of carbonyl (C=O) groups is 6. The summed E-state index contributed by atoms with van der Waals surface area (Å²) in [5.74, 6) is -10.1. The molecule has 1 radical (unpaired) electrons. The van der Waals surface area contributed by atoms with Gasteiger partial charge < -0.3 is 91.7 Å². The SMILES string of the molecule is NC(O)C(CC(=O)[O-])(CC(=O)[O-])NCC(=O)[O-].NC(O)C(CC(=O)[O-])(CC(=O)[O-])NCC(=O)[O-].[Fe+3].[Na+].[Na+].[Na+]. The van der Waals surface area contributed by atoms with E-state index in [1.54, 1.807) is 0 Å². The molecule has 2 unspecified atom stereocenters. The number of rotatable bonds is 16. The van der Waals surface area contributed by atoms with Gasteiger partial charge in [-0.05, 0) is 0 Å². The molecular weight excluding hydrogens is 597 g/mol. The molecule has 2 atom stereocenters. The molecule has 38 heavy (non-hydrogen) atoms. The van der Waals surface area contributed by atoms with Gasteiger partial charge in [0, 0.05) is 62.7 Å². The van der Waals surface area contributed by atoms with Crippen LogP contribution in [-0.2, 0) is 45.8 Å². The van der Waals surface area contributed by atoms with E-state index in [0.29, 0.717) is 0 Å². The number of aliphatic hydroxyl groups is 2. The van der Waals surface area contributed by atoms with Gasteiger partial charge in [-0.1, -0.05) is 0 Å². The normalized spacial score (nSPS) is 11.7. The first-order valence-corrected chi connectivity index (χ1v) is 8.95. The Morgan fingerprint density at radius 1 is 0.553 bits per heavy atom.